The molecule has 88 valence electrons. The molecule has 5 heteroatoms. The number of nitrogens with two attached hydrogens (primary N) is 1. The Morgan fingerprint density at radius 1 is 1.44 bits per heavy atom. The molecule has 0 aliphatic heterocycles. The molecule has 0 aromatic heterocycles. The molecule has 0 aliphatic carbocycles. The van der Waals surface area contributed by atoms with Crippen LogP contribution in [0.4, 0.5) is 0 Å². The molecule has 0 spiro atoms. The minimum absolute atomic E-state index is 0.397. The van der Waals surface area contributed by atoms with Crippen molar-refractivity contribution in [1.29, 1.82) is 0 Å². The molecule has 0 saturated carbocycles. The summed E-state index contributed by atoms with van der Waals surface area (Å²) in [7, 11) is 0. The van der Waals surface area contributed by atoms with Crippen LogP contribution in [0.15, 0.2) is 30.3 Å². The monoisotopic (exact) mass is 223 g/mol. The van der Waals surface area contributed by atoms with Crippen molar-refractivity contribution in [3.05, 3.63) is 35.9 Å². The van der Waals surface area contributed by atoms with E-state index < -0.39 is 18.1 Å². The number of aliphatic hydroxyl groups is 1. The van der Waals surface area contributed by atoms with Gasteiger partial charge >= 0.3 is 0 Å². The molecule has 1 aromatic carbocycles. The normalized spacial score (nSPS) is 14.2. The fraction of sp³-hybridized carbons (Fsp3) is 0.364. The zero-order valence-corrected chi connectivity index (χ0v) is 9.18. The van der Waals surface area contributed by atoms with Gasteiger partial charge in [0.15, 0.2) is 0 Å². The van der Waals surface area contributed by atoms with Crippen molar-refractivity contribution in [2.24, 2.45) is 5.84 Å². The maximum Gasteiger partial charge on any atom is 0.250 e. The van der Waals surface area contributed by atoms with Crippen LogP contribution >= 0.6 is 0 Å². The number of benzene rings is 1. The van der Waals surface area contributed by atoms with Gasteiger partial charge in [0.2, 0.25) is 0 Å². The van der Waals surface area contributed by atoms with Crippen LogP contribution in [0.1, 0.15) is 12.5 Å². The summed E-state index contributed by atoms with van der Waals surface area (Å²) in [6.45, 7) is 2.03. The van der Waals surface area contributed by atoms with Crippen LogP contribution in [0.3, 0.4) is 0 Å². The molecule has 5 N–H and O–H groups in total. The van der Waals surface area contributed by atoms with E-state index in [1.54, 1.807) is 6.92 Å². The van der Waals surface area contributed by atoms with Gasteiger partial charge < -0.3 is 10.4 Å². The Hall–Kier alpha value is -1.43. The maximum atomic E-state index is 11.5. The molecular formula is C11H17N3O2. The second-order valence-corrected chi connectivity index (χ2v) is 3.60. The number of aliphatic hydroxyl groups excluding tert-OH is 1. The molecule has 2 atom stereocenters. The highest BCUT2D eigenvalue weighted by atomic mass is 16.3. The highest BCUT2D eigenvalue weighted by Gasteiger charge is 2.20. The van der Waals surface area contributed by atoms with Gasteiger partial charge in [0.1, 0.15) is 6.10 Å². The number of hydrogen-bond acceptors (Lipinski definition) is 4. The smallest absolute Gasteiger partial charge is 0.250 e. The molecule has 0 radical (unpaired) electrons. The molecule has 0 unspecified atom stereocenters. The lowest BCUT2D eigenvalue weighted by Crippen LogP contribution is -2.49. The van der Waals surface area contributed by atoms with Crippen LogP contribution in [0, 0.1) is 0 Å². The molecule has 16 heavy (non-hydrogen) atoms. The third-order valence-electron chi connectivity index (χ3n) is 2.31. The van der Waals surface area contributed by atoms with Gasteiger partial charge in [-0.15, -0.1) is 0 Å². The molecule has 0 saturated heterocycles. The van der Waals surface area contributed by atoms with Crippen LogP contribution < -0.4 is 16.6 Å². The summed E-state index contributed by atoms with van der Waals surface area (Å²) in [6.07, 6.45) is -1.14. The Morgan fingerprint density at radius 2 is 2.06 bits per heavy atom. The Kier molecular flexibility index (Phi) is 4.91. The third-order valence-corrected chi connectivity index (χ3v) is 2.31. The van der Waals surface area contributed by atoms with E-state index >= 15 is 0 Å². The largest absolute Gasteiger partial charge is 0.382 e. The average molecular weight is 223 g/mol. The van der Waals surface area contributed by atoms with Crippen molar-refractivity contribution >= 4 is 5.91 Å². The first kappa shape index (κ1) is 12.6. The fourth-order valence-corrected chi connectivity index (χ4v) is 1.21. The summed E-state index contributed by atoms with van der Waals surface area (Å²) >= 11 is 0. The zero-order valence-electron chi connectivity index (χ0n) is 9.18. The summed E-state index contributed by atoms with van der Waals surface area (Å²) in [5.74, 6) is 4.69. The first-order valence-corrected chi connectivity index (χ1v) is 5.11. The fourth-order valence-electron chi connectivity index (χ4n) is 1.21. The molecule has 1 amide bonds. The maximum absolute atomic E-state index is 11.5. The molecule has 0 fully saturated rings. The van der Waals surface area contributed by atoms with Crippen molar-refractivity contribution in [2.75, 3.05) is 0 Å². The molecule has 0 aliphatic rings. The molecule has 5 nitrogen and oxygen atoms in total. The van der Waals surface area contributed by atoms with Crippen molar-refractivity contribution in [3.8, 4) is 0 Å². The first-order valence-electron chi connectivity index (χ1n) is 5.11. The number of hydrogen-bond donors (Lipinski definition) is 4. The second kappa shape index (κ2) is 6.22. The van der Waals surface area contributed by atoms with Crippen LogP contribution in [-0.2, 0) is 11.3 Å². The predicted octanol–water partition coefficient (Wildman–Crippen LogP) is -0.484. The summed E-state index contributed by atoms with van der Waals surface area (Å²) < 4.78 is 0. The van der Waals surface area contributed by atoms with E-state index in [-0.39, 0.29) is 0 Å². The van der Waals surface area contributed by atoms with Crippen LogP contribution in [-0.4, -0.2) is 23.2 Å². The van der Waals surface area contributed by atoms with E-state index in [4.69, 9.17) is 5.84 Å². The van der Waals surface area contributed by atoms with Crippen LogP contribution in [0.25, 0.3) is 0 Å². The average Bonchev–Trinajstić information content (AvgIpc) is 2.35. The predicted molar refractivity (Wildman–Crippen MR) is 61.1 cm³/mol. The number of carbonyl (C=O) groups excluding carboxylic acids is 1. The van der Waals surface area contributed by atoms with E-state index in [2.05, 4.69) is 10.7 Å². The Labute approximate surface area is 94.6 Å². The van der Waals surface area contributed by atoms with Gasteiger partial charge in [-0.1, -0.05) is 30.3 Å². The number of hydrazine groups is 1. The molecule has 1 rings (SSSR count). The second-order valence-electron chi connectivity index (χ2n) is 3.60. The van der Waals surface area contributed by atoms with Crippen molar-refractivity contribution in [2.45, 2.75) is 25.6 Å². The van der Waals surface area contributed by atoms with Gasteiger partial charge in [-0.2, -0.15) is 0 Å². The summed E-state index contributed by atoms with van der Waals surface area (Å²) in [4.78, 5) is 11.5. The zero-order chi connectivity index (χ0) is 12.0. The standard InChI is InChI=1S/C11H17N3O2/c1-8(14-12)10(15)11(16)13-7-9-5-3-2-4-6-9/h2-6,8,10,14-15H,7,12H2,1H3,(H,13,16)/t8-,10+/m1/s1. The van der Waals surface area contributed by atoms with Gasteiger partial charge in [0, 0.05) is 6.54 Å². The van der Waals surface area contributed by atoms with Crippen LogP contribution in [0.5, 0.6) is 0 Å². The van der Waals surface area contributed by atoms with E-state index in [1.165, 1.54) is 0 Å². The lowest BCUT2D eigenvalue weighted by atomic mass is 10.1. The highest BCUT2D eigenvalue weighted by molar-refractivity contribution is 5.81. The first-order chi connectivity index (χ1) is 7.65. The van der Waals surface area contributed by atoms with Crippen molar-refractivity contribution in [1.82, 2.24) is 10.7 Å². The van der Waals surface area contributed by atoms with Gasteiger partial charge in [0.05, 0.1) is 6.04 Å². The number of amides is 1. The van der Waals surface area contributed by atoms with E-state index in [9.17, 15) is 9.90 Å². The van der Waals surface area contributed by atoms with Crippen molar-refractivity contribution in [3.63, 3.8) is 0 Å². The molecular weight excluding hydrogens is 206 g/mol. The quantitative estimate of drug-likeness (QED) is 0.401. The summed E-state index contributed by atoms with van der Waals surface area (Å²) in [6, 6.07) is 9.01. The minimum atomic E-state index is -1.14. The lowest BCUT2D eigenvalue weighted by Gasteiger charge is -2.17. The Bertz CT molecular complexity index is 329. The van der Waals surface area contributed by atoms with Crippen LogP contribution in [0.2, 0.25) is 0 Å². The van der Waals surface area contributed by atoms with Gasteiger partial charge in [-0.05, 0) is 12.5 Å². The minimum Gasteiger partial charge on any atom is -0.382 e. The van der Waals surface area contributed by atoms with Gasteiger partial charge in [-0.25, -0.2) is 0 Å². The summed E-state index contributed by atoms with van der Waals surface area (Å²) in [5.41, 5.74) is 3.32. The SMILES string of the molecule is C[C@@H](NN)[C@H](O)C(=O)NCc1ccccc1. The van der Waals surface area contributed by atoms with Crippen molar-refractivity contribution < 1.29 is 9.90 Å². The number of nitrogens with one attached hydrogen (secondary N) is 2. The van der Waals surface area contributed by atoms with E-state index in [0.29, 0.717) is 6.54 Å². The molecule has 1 aromatic rings. The summed E-state index contributed by atoms with van der Waals surface area (Å²) in [5, 5.41) is 12.1. The highest BCUT2D eigenvalue weighted by Crippen LogP contribution is 1.98. The number of rotatable bonds is 5. The number of carbonyl (C=O) groups is 1. The van der Waals surface area contributed by atoms with E-state index in [1.807, 2.05) is 30.3 Å². The third kappa shape index (κ3) is 3.62. The lowest BCUT2D eigenvalue weighted by molar-refractivity contribution is -0.130. The molecule has 0 bridgehead atoms. The van der Waals surface area contributed by atoms with Gasteiger partial charge in [-0.3, -0.25) is 16.1 Å². The molecule has 0 heterocycles. The van der Waals surface area contributed by atoms with E-state index in [0.717, 1.165) is 5.56 Å². The topological polar surface area (TPSA) is 87.4 Å². The van der Waals surface area contributed by atoms with Gasteiger partial charge in [0.25, 0.3) is 5.91 Å². The Morgan fingerprint density at radius 3 is 2.62 bits per heavy atom. The Balaban J connectivity index is 2.41.